The molecule has 15 heavy (non-hydrogen) atoms. The van der Waals surface area contributed by atoms with E-state index in [-0.39, 0.29) is 5.92 Å². The van der Waals surface area contributed by atoms with Crippen molar-refractivity contribution in [2.75, 3.05) is 0 Å². The van der Waals surface area contributed by atoms with Crippen LogP contribution in [0.2, 0.25) is 0 Å². The molecule has 0 amide bonds. The van der Waals surface area contributed by atoms with Crippen molar-refractivity contribution >= 4 is 5.97 Å². The predicted octanol–water partition coefficient (Wildman–Crippen LogP) is 2.24. The zero-order valence-corrected chi connectivity index (χ0v) is 9.19. The number of carboxylic acids is 1. The summed E-state index contributed by atoms with van der Waals surface area (Å²) in [5, 5.41) is 18.3. The third-order valence-electron chi connectivity index (χ3n) is 2.39. The molecule has 0 saturated carbocycles. The number of carboxylic acid groups (broad SMARTS) is 1. The summed E-state index contributed by atoms with van der Waals surface area (Å²) in [5.41, 5.74) is 2.34. The number of benzene rings is 1. The van der Waals surface area contributed by atoms with Gasteiger partial charge in [-0.1, -0.05) is 37.6 Å². The van der Waals surface area contributed by atoms with E-state index >= 15 is 0 Å². The number of hydrogen-bond acceptors (Lipinski definition) is 2. The molecule has 2 N–H and O–H groups in total. The third kappa shape index (κ3) is 2.57. The van der Waals surface area contributed by atoms with Crippen LogP contribution in [0.3, 0.4) is 0 Å². The quantitative estimate of drug-likeness (QED) is 0.800. The van der Waals surface area contributed by atoms with E-state index < -0.39 is 12.1 Å². The number of aliphatic hydroxyl groups is 1. The van der Waals surface area contributed by atoms with Crippen molar-refractivity contribution in [2.24, 2.45) is 0 Å². The van der Waals surface area contributed by atoms with Crippen molar-refractivity contribution in [1.29, 1.82) is 0 Å². The van der Waals surface area contributed by atoms with Crippen LogP contribution in [-0.4, -0.2) is 16.2 Å². The molecule has 0 radical (unpaired) electrons. The van der Waals surface area contributed by atoms with Crippen LogP contribution in [0.25, 0.3) is 0 Å². The van der Waals surface area contributed by atoms with Gasteiger partial charge < -0.3 is 10.2 Å². The van der Waals surface area contributed by atoms with Gasteiger partial charge in [-0.2, -0.15) is 0 Å². The second-order valence-corrected chi connectivity index (χ2v) is 4.03. The van der Waals surface area contributed by atoms with Crippen LogP contribution in [0.5, 0.6) is 0 Å². The molecule has 0 heterocycles. The maximum absolute atomic E-state index is 10.7. The molecule has 0 aliphatic heterocycles. The summed E-state index contributed by atoms with van der Waals surface area (Å²) < 4.78 is 0. The van der Waals surface area contributed by atoms with Crippen molar-refractivity contribution in [2.45, 2.75) is 32.8 Å². The molecular weight excluding hydrogens is 192 g/mol. The molecule has 0 spiro atoms. The molecule has 0 aliphatic rings. The minimum absolute atomic E-state index is 0.203. The average molecular weight is 208 g/mol. The monoisotopic (exact) mass is 208 g/mol. The molecule has 1 aromatic carbocycles. The Kier molecular flexibility index (Phi) is 3.48. The van der Waals surface area contributed by atoms with Crippen molar-refractivity contribution in [1.82, 2.24) is 0 Å². The molecule has 82 valence electrons. The van der Waals surface area contributed by atoms with Crippen LogP contribution in [0.1, 0.15) is 42.6 Å². The van der Waals surface area contributed by atoms with Gasteiger partial charge in [0.05, 0.1) is 0 Å². The lowest BCUT2D eigenvalue weighted by Crippen LogP contribution is -2.13. The van der Waals surface area contributed by atoms with E-state index in [1.807, 2.05) is 32.9 Å². The van der Waals surface area contributed by atoms with Crippen molar-refractivity contribution in [3.63, 3.8) is 0 Å². The molecule has 1 unspecified atom stereocenters. The molecule has 1 rings (SSSR count). The molecule has 0 fully saturated rings. The van der Waals surface area contributed by atoms with Crippen LogP contribution >= 0.6 is 0 Å². The normalized spacial score (nSPS) is 12.9. The fraction of sp³-hybridized carbons (Fsp3) is 0.417. The average Bonchev–Trinajstić information content (AvgIpc) is 2.15. The van der Waals surface area contributed by atoms with Crippen LogP contribution in [0, 0.1) is 6.92 Å². The molecule has 3 heteroatoms. The highest BCUT2D eigenvalue weighted by atomic mass is 16.4. The first kappa shape index (κ1) is 11.7. The first-order valence-electron chi connectivity index (χ1n) is 4.94. The Morgan fingerprint density at radius 3 is 2.33 bits per heavy atom. The van der Waals surface area contributed by atoms with Gasteiger partial charge in [-0.05, 0) is 24.0 Å². The van der Waals surface area contributed by atoms with Crippen LogP contribution in [0.4, 0.5) is 0 Å². The highest BCUT2D eigenvalue weighted by Crippen LogP contribution is 2.26. The second kappa shape index (κ2) is 4.45. The number of carbonyl (C=O) groups is 1. The van der Waals surface area contributed by atoms with Gasteiger partial charge >= 0.3 is 5.97 Å². The first-order valence-corrected chi connectivity index (χ1v) is 4.94. The number of aryl methyl sites for hydroxylation is 1. The number of rotatable bonds is 3. The zero-order valence-electron chi connectivity index (χ0n) is 9.19. The smallest absolute Gasteiger partial charge is 0.337 e. The molecule has 0 bridgehead atoms. The van der Waals surface area contributed by atoms with E-state index in [2.05, 4.69) is 0 Å². The lowest BCUT2D eigenvalue weighted by atomic mass is 9.92. The van der Waals surface area contributed by atoms with Gasteiger partial charge in [0.2, 0.25) is 0 Å². The van der Waals surface area contributed by atoms with Crippen LogP contribution in [-0.2, 0) is 4.79 Å². The highest BCUT2D eigenvalue weighted by Gasteiger charge is 2.20. The van der Waals surface area contributed by atoms with Gasteiger partial charge in [0, 0.05) is 0 Å². The lowest BCUT2D eigenvalue weighted by Gasteiger charge is -2.15. The SMILES string of the molecule is Cc1ccc(C(C)C)c(C(O)C(=O)O)c1. The highest BCUT2D eigenvalue weighted by molar-refractivity contribution is 5.74. The molecule has 1 aromatic rings. The molecule has 0 aromatic heterocycles. The van der Waals surface area contributed by atoms with Crippen molar-refractivity contribution in [3.8, 4) is 0 Å². The largest absolute Gasteiger partial charge is 0.479 e. The number of aliphatic hydroxyl groups excluding tert-OH is 1. The zero-order chi connectivity index (χ0) is 11.6. The summed E-state index contributed by atoms with van der Waals surface area (Å²) >= 11 is 0. The maximum atomic E-state index is 10.7. The molecule has 0 saturated heterocycles. The predicted molar refractivity (Wildman–Crippen MR) is 57.9 cm³/mol. The topological polar surface area (TPSA) is 57.5 Å². The minimum Gasteiger partial charge on any atom is -0.479 e. The van der Waals surface area contributed by atoms with Gasteiger partial charge in [-0.25, -0.2) is 4.79 Å². The van der Waals surface area contributed by atoms with E-state index in [0.29, 0.717) is 5.56 Å². The summed E-state index contributed by atoms with van der Waals surface area (Å²) in [5.74, 6) is -1.00. The van der Waals surface area contributed by atoms with Crippen LogP contribution in [0.15, 0.2) is 18.2 Å². The van der Waals surface area contributed by atoms with Crippen molar-refractivity contribution < 1.29 is 15.0 Å². The number of hydrogen-bond donors (Lipinski definition) is 2. The number of aliphatic carboxylic acids is 1. The Balaban J connectivity index is 3.24. The Hall–Kier alpha value is -1.35. The second-order valence-electron chi connectivity index (χ2n) is 4.03. The van der Waals surface area contributed by atoms with Gasteiger partial charge in [0.1, 0.15) is 0 Å². The standard InChI is InChI=1S/C12H16O3/c1-7(2)9-5-4-8(3)6-10(9)11(13)12(14)15/h4-7,11,13H,1-3H3,(H,14,15). The molecular formula is C12H16O3. The summed E-state index contributed by atoms with van der Waals surface area (Å²) in [4.78, 5) is 10.7. The van der Waals surface area contributed by atoms with E-state index in [0.717, 1.165) is 11.1 Å². The van der Waals surface area contributed by atoms with Crippen LogP contribution < -0.4 is 0 Å². The fourth-order valence-electron chi connectivity index (χ4n) is 1.59. The van der Waals surface area contributed by atoms with Gasteiger partial charge in [-0.3, -0.25) is 0 Å². The minimum atomic E-state index is -1.43. The summed E-state index contributed by atoms with van der Waals surface area (Å²) in [7, 11) is 0. The Bertz CT molecular complexity index is 369. The Morgan fingerprint density at radius 1 is 1.27 bits per heavy atom. The van der Waals surface area contributed by atoms with Gasteiger partial charge in [0.15, 0.2) is 6.10 Å². The van der Waals surface area contributed by atoms with E-state index in [1.54, 1.807) is 6.07 Å². The van der Waals surface area contributed by atoms with Crippen molar-refractivity contribution in [3.05, 3.63) is 34.9 Å². The lowest BCUT2D eigenvalue weighted by molar-refractivity contribution is -0.147. The summed E-state index contributed by atoms with van der Waals surface area (Å²) in [6, 6.07) is 5.53. The van der Waals surface area contributed by atoms with E-state index in [4.69, 9.17) is 5.11 Å². The van der Waals surface area contributed by atoms with E-state index in [1.165, 1.54) is 0 Å². The summed E-state index contributed by atoms with van der Waals surface area (Å²) in [6.45, 7) is 5.83. The van der Waals surface area contributed by atoms with Gasteiger partial charge in [0.25, 0.3) is 0 Å². The van der Waals surface area contributed by atoms with E-state index in [9.17, 15) is 9.90 Å². The summed E-state index contributed by atoms with van der Waals surface area (Å²) in [6.07, 6.45) is -1.43. The molecule has 1 atom stereocenters. The molecule has 0 aliphatic carbocycles. The first-order chi connectivity index (χ1) is 6.93. The molecule has 3 nitrogen and oxygen atoms in total. The van der Waals surface area contributed by atoms with Gasteiger partial charge in [-0.15, -0.1) is 0 Å². The maximum Gasteiger partial charge on any atom is 0.337 e. The fourth-order valence-corrected chi connectivity index (χ4v) is 1.59. The third-order valence-corrected chi connectivity index (χ3v) is 2.39. The Morgan fingerprint density at radius 2 is 1.87 bits per heavy atom. The Labute approximate surface area is 89.4 Å².